The van der Waals surface area contributed by atoms with Crippen LogP contribution in [-0.4, -0.2) is 0 Å². The van der Waals surface area contributed by atoms with E-state index in [1.807, 2.05) is 12.1 Å². The summed E-state index contributed by atoms with van der Waals surface area (Å²) < 4.78 is 11.2. The molecule has 2 heterocycles. The summed E-state index contributed by atoms with van der Waals surface area (Å²) in [4.78, 5) is 12.6. The number of nitrogens with zero attached hydrogens (tertiary/aromatic N) is 1. The highest BCUT2D eigenvalue weighted by molar-refractivity contribution is 5.85. The smallest absolute Gasteiger partial charge is 0.343 e. The maximum absolute atomic E-state index is 12.6. The summed E-state index contributed by atoms with van der Waals surface area (Å²) in [6.07, 6.45) is 8.88. The fourth-order valence-electron chi connectivity index (χ4n) is 3.75. The molecule has 5 nitrogen and oxygen atoms in total. The molecule has 142 valence electrons. The van der Waals surface area contributed by atoms with Crippen molar-refractivity contribution in [3.8, 4) is 11.8 Å². The lowest BCUT2D eigenvalue weighted by atomic mass is 9.85. The molecule has 3 rings (SSSR count). The van der Waals surface area contributed by atoms with Gasteiger partial charge in [-0.25, -0.2) is 4.79 Å². The van der Waals surface area contributed by atoms with Crippen LogP contribution in [0.5, 0.6) is 5.75 Å². The molecule has 2 N–H and O–H groups in total. The van der Waals surface area contributed by atoms with Crippen LogP contribution in [0.25, 0.3) is 11.0 Å². The molecule has 1 aliphatic heterocycles. The van der Waals surface area contributed by atoms with Gasteiger partial charge in [0.1, 0.15) is 11.7 Å². The molecule has 0 spiro atoms. The number of ether oxygens (including phenoxy) is 1. The number of allylic oxidation sites excluding steroid dienone is 1. The first-order chi connectivity index (χ1) is 13.2. The summed E-state index contributed by atoms with van der Waals surface area (Å²) in [6, 6.07) is 9.37. The minimum absolute atomic E-state index is 0.0914. The van der Waals surface area contributed by atoms with E-state index in [1.165, 1.54) is 32.1 Å². The Kier molecular flexibility index (Phi) is 6.18. The third kappa shape index (κ3) is 4.00. The normalized spacial score (nSPS) is 16.1. The summed E-state index contributed by atoms with van der Waals surface area (Å²) in [6.45, 7) is 2.21. The lowest BCUT2D eigenvalue weighted by Crippen LogP contribution is -2.25. The van der Waals surface area contributed by atoms with Crippen molar-refractivity contribution >= 4 is 11.0 Å². The van der Waals surface area contributed by atoms with E-state index in [4.69, 9.17) is 14.9 Å². The Morgan fingerprint density at radius 2 is 1.81 bits per heavy atom. The van der Waals surface area contributed by atoms with Crippen LogP contribution < -0.4 is 16.1 Å². The average molecular weight is 366 g/mol. The van der Waals surface area contributed by atoms with E-state index in [1.54, 1.807) is 12.1 Å². The topological polar surface area (TPSA) is 89.3 Å². The number of hydrogen-bond donors (Lipinski definition) is 1. The van der Waals surface area contributed by atoms with Crippen molar-refractivity contribution in [2.45, 2.75) is 64.2 Å². The number of rotatable bonds is 8. The molecule has 0 fully saturated rings. The molecule has 0 amide bonds. The Bertz CT molecular complexity index is 937. The van der Waals surface area contributed by atoms with Gasteiger partial charge in [0.15, 0.2) is 5.75 Å². The molecule has 5 heteroatoms. The maximum Gasteiger partial charge on any atom is 0.343 e. The van der Waals surface area contributed by atoms with Crippen molar-refractivity contribution in [2.24, 2.45) is 5.73 Å². The summed E-state index contributed by atoms with van der Waals surface area (Å²) in [5.74, 6) is 0.162. The number of benzene rings is 1. The lowest BCUT2D eigenvalue weighted by molar-refractivity contribution is 0.376. The molecule has 0 radical (unpaired) electrons. The molecule has 0 bridgehead atoms. The second-order valence-electron chi connectivity index (χ2n) is 7.08. The molecule has 0 saturated heterocycles. The Morgan fingerprint density at radius 1 is 1.11 bits per heavy atom. The van der Waals surface area contributed by atoms with E-state index in [-0.39, 0.29) is 11.8 Å². The summed E-state index contributed by atoms with van der Waals surface area (Å²) in [5.41, 5.74) is 6.79. The molecule has 0 saturated carbocycles. The van der Waals surface area contributed by atoms with Gasteiger partial charge in [-0.3, -0.25) is 0 Å². The van der Waals surface area contributed by atoms with Crippen molar-refractivity contribution in [2.75, 3.05) is 0 Å². The van der Waals surface area contributed by atoms with Crippen LogP contribution in [0.2, 0.25) is 0 Å². The first kappa shape index (κ1) is 19.0. The van der Waals surface area contributed by atoms with Crippen molar-refractivity contribution in [1.82, 2.24) is 0 Å². The Morgan fingerprint density at radius 3 is 2.56 bits per heavy atom. The lowest BCUT2D eigenvalue weighted by Gasteiger charge is -2.25. The van der Waals surface area contributed by atoms with Crippen LogP contribution in [0.4, 0.5) is 0 Å². The molecule has 1 aliphatic rings. The molecule has 1 unspecified atom stereocenters. The molecule has 2 aromatic rings. The zero-order chi connectivity index (χ0) is 19.2. The van der Waals surface area contributed by atoms with E-state index in [2.05, 4.69) is 13.0 Å². The summed E-state index contributed by atoms with van der Waals surface area (Å²) >= 11 is 0. The largest absolute Gasteiger partial charge is 0.439 e. The van der Waals surface area contributed by atoms with E-state index in [0.29, 0.717) is 34.3 Å². The zero-order valence-electron chi connectivity index (χ0n) is 15.8. The molecular formula is C22H26N2O3. The number of hydrogen-bond acceptors (Lipinski definition) is 5. The molecule has 1 aromatic heterocycles. The number of fused-ring (bicyclic) bond motifs is 3. The quantitative estimate of drug-likeness (QED) is 0.518. The Labute approximate surface area is 159 Å². The average Bonchev–Trinajstić information content (AvgIpc) is 2.67. The highest BCUT2D eigenvalue weighted by Crippen LogP contribution is 2.42. The second-order valence-corrected chi connectivity index (χ2v) is 7.08. The predicted molar refractivity (Wildman–Crippen MR) is 105 cm³/mol. The van der Waals surface area contributed by atoms with E-state index in [0.717, 1.165) is 12.8 Å². The Hall–Kier alpha value is -2.74. The third-order valence-corrected chi connectivity index (χ3v) is 5.19. The van der Waals surface area contributed by atoms with Gasteiger partial charge < -0.3 is 14.9 Å². The van der Waals surface area contributed by atoms with Gasteiger partial charge in [-0.2, -0.15) is 5.26 Å². The zero-order valence-corrected chi connectivity index (χ0v) is 15.8. The van der Waals surface area contributed by atoms with Crippen LogP contribution in [0.1, 0.15) is 69.8 Å². The molecule has 1 aromatic carbocycles. The van der Waals surface area contributed by atoms with Crippen LogP contribution in [-0.2, 0) is 0 Å². The van der Waals surface area contributed by atoms with Gasteiger partial charge in [-0.1, -0.05) is 64.0 Å². The SMILES string of the molecule is CCCCCCCCCC1C(C#N)=C(N)Oc2c1c(=O)oc1ccccc21. The number of para-hydroxylation sites is 1. The number of nitrogens with two attached hydrogens (primary N) is 1. The van der Waals surface area contributed by atoms with Crippen molar-refractivity contribution < 1.29 is 9.15 Å². The second kappa shape index (κ2) is 8.77. The van der Waals surface area contributed by atoms with E-state index < -0.39 is 5.63 Å². The third-order valence-electron chi connectivity index (χ3n) is 5.19. The molecule has 0 aliphatic carbocycles. The van der Waals surface area contributed by atoms with Gasteiger partial charge in [0, 0.05) is 5.92 Å². The fraction of sp³-hybridized carbons (Fsp3) is 0.455. The van der Waals surface area contributed by atoms with Crippen molar-refractivity contribution in [3.05, 3.63) is 51.7 Å². The van der Waals surface area contributed by atoms with Gasteiger partial charge in [0.2, 0.25) is 5.88 Å². The molecular weight excluding hydrogens is 340 g/mol. The van der Waals surface area contributed by atoms with Gasteiger partial charge in [-0.15, -0.1) is 0 Å². The molecule has 1 atom stereocenters. The van der Waals surface area contributed by atoms with Crippen molar-refractivity contribution in [3.63, 3.8) is 0 Å². The first-order valence-electron chi connectivity index (χ1n) is 9.80. The van der Waals surface area contributed by atoms with Crippen LogP contribution in [0.3, 0.4) is 0 Å². The predicted octanol–water partition coefficient (Wildman–Crippen LogP) is 5.10. The number of unbranched alkanes of at least 4 members (excludes halogenated alkanes) is 6. The van der Waals surface area contributed by atoms with Crippen LogP contribution in [0.15, 0.2) is 44.9 Å². The van der Waals surface area contributed by atoms with Gasteiger partial charge in [0.25, 0.3) is 0 Å². The van der Waals surface area contributed by atoms with E-state index >= 15 is 0 Å². The Balaban J connectivity index is 1.84. The van der Waals surface area contributed by atoms with Crippen LogP contribution in [0, 0.1) is 11.3 Å². The monoisotopic (exact) mass is 366 g/mol. The highest BCUT2D eigenvalue weighted by atomic mass is 16.5. The van der Waals surface area contributed by atoms with Gasteiger partial charge in [0.05, 0.1) is 16.5 Å². The fourth-order valence-corrected chi connectivity index (χ4v) is 3.75. The summed E-state index contributed by atoms with van der Waals surface area (Å²) in [5, 5.41) is 10.3. The molecule has 27 heavy (non-hydrogen) atoms. The standard InChI is InChI=1S/C22H26N2O3/c1-2-3-4-5-6-7-8-11-15-17(14-23)21(24)27-20-16-12-9-10-13-18(16)26-22(25)19(15)20/h9-10,12-13,15H,2-8,11,24H2,1H3. The number of nitriles is 1. The minimum Gasteiger partial charge on any atom is -0.439 e. The van der Waals surface area contributed by atoms with E-state index in [9.17, 15) is 10.1 Å². The van der Waals surface area contributed by atoms with Gasteiger partial charge >= 0.3 is 5.63 Å². The highest BCUT2D eigenvalue weighted by Gasteiger charge is 2.33. The maximum atomic E-state index is 12.6. The van der Waals surface area contributed by atoms with Crippen LogP contribution >= 0.6 is 0 Å². The summed E-state index contributed by atoms with van der Waals surface area (Å²) in [7, 11) is 0. The first-order valence-corrected chi connectivity index (χ1v) is 9.80. The minimum atomic E-state index is -0.447. The van der Waals surface area contributed by atoms with Gasteiger partial charge in [-0.05, 0) is 18.6 Å². The van der Waals surface area contributed by atoms with Crippen molar-refractivity contribution in [1.29, 1.82) is 5.26 Å².